The summed E-state index contributed by atoms with van der Waals surface area (Å²) in [7, 11) is 0. The van der Waals surface area contributed by atoms with Gasteiger partial charge in [0.25, 0.3) is 0 Å². The lowest BCUT2D eigenvalue weighted by Gasteiger charge is -2.08. The standard InChI is InChI=1S/C15H17ClFN3/c1-3-6-18-14-7-10(2)19-15(20-14)8-11-4-5-12(17)9-13(11)16/h4-5,7,9H,3,6,8H2,1-2H3,(H,18,19,20). The highest BCUT2D eigenvalue weighted by Crippen LogP contribution is 2.20. The van der Waals surface area contributed by atoms with Crippen LogP contribution >= 0.6 is 11.6 Å². The van der Waals surface area contributed by atoms with Crippen LogP contribution in [0.4, 0.5) is 10.2 Å². The highest BCUT2D eigenvalue weighted by molar-refractivity contribution is 6.31. The Hall–Kier alpha value is -1.68. The van der Waals surface area contributed by atoms with Gasteiger partial charge in [-0.25, -0.2) is 14.4 Å². The van der Waals surface area contributed by atoms with Crippen molar-refractivity contribution in [2.75, 3.05) is 11.9 Å². The second-order valence-corrected chi connectivity index (χ2v) is 5.06. The van der Waals surface area contributed by atoms with E-state index in [-0.39, 0.29) is 5.82 Å². The number of hydrogen-bond acceptors (Lipinski definition) is 3. The summed E-state index contributed by atoms with van der Waals surface area (Å²) in [5.41, 5.74) is 1.71. The second kappa shape index (κ2) is 6.66. The fourth-order valence-electron chi connectivity index (χ4n) is 1.89. The van der Waals surface area contributed by atoms with Gasteiger partial charge in [0.1, 0.15) is 17.5 Å². The van der Waals surface area contributed by atoms with Gasteiger partial charge in [-0.2, -0.15) is 0 Å². The molecule has 0 saturated heterocycles. The molecule has 1 aromatic heterocycles. The van der Waals surface area contributed by atoms with Gasteiger partial charge in [-0.1, -0.05) is 24.6 Å². The molecule has 1 N–H and O–H groups in total. The Labute approximate surface area is 123 Å². The van der Waals surface area contributed by atoms with Gasteiger partial charge in [-0.15, -0.1) is 0 Å². The van der Waals surface area contributed by atoms with Crippen LogP contribution in [0.1, 0.15) is 30.4 Å². The average Bonchev–Trinajstić information content (AvgIpc) is 2.39. The second-order valence-electron chi connectivity index (χ2n) is 4.65. The van der Waals surface area contributed by atoms with Gasteiger partial charge in [-0.05, 0) is 31.0 Å². The van der Waals surface area contributed by atoms with Crippen molar-refractivity contribution in [3.05, 3.63) is 52.2 Å². The quantitative estimate of drug-likeness (QED) is 0.906. The molecular formula is C15H17ClFN3. The van der Waals surface area contributed by atoms with E-state index < -0.39 is 0 Å². The first-order chi connectivity index (χ1) is 9.58. The molecule has 0 fully saturated rings. The summed E-state index contributed by atoms with van der Waals surface area (Å²) >= 11 is 6.03. The Kier molecular flexibility index (Phi) is 4.90. The molecule has 1 heterocycles. The molecule has 20 heavy (non-hydrogen) atoms. The summed E-state index contributed by atoms with van der Waals surface area (Å²) < 4.78 is 13.0. The average molecular weight is 294 g/mol. The normalized spacial score (nSPS) is 10.6. The molecule has 0 atom stereocenters. The number of anilines is 1. The van der Waals surface area contributed by atoms with Crippen molar-refractivity contribution in [3.8, 4) is 0 Å². The van der Waals surface area contributed by atoms with Crippen molar-refractivity contribution in [3.63, 3.8) is 0 Å². The minimum Gasteiger partial charge on any atom is -0.370 e. The van der Waals surface area contributed by atoms with Crippen molar-refractivity contribution in [1.82, 2.24) is 9.97 Å². The number of halogens is 2. The van der Waals surface area contributed by atoms with E-state index in [2.05, 4.69) is 22.2 Å². The largest absolute Gasteiger partial charge is 0.370 e. The summed E-state index contributed by atoms with van der Waals surface area (Å²) in [6.07, 6.45) is 1.52. The zero-order valence-corrected chi connectivity index (χ0v) is 12.3. The molecule has 106 valence electrons. The molecule has 0 aliphatic rings. The number of benzene rings is 1. The summed E-state index contributed by atoms with van der Waals surface area (Å²) in [5, 5.41) is 3.64. The molecule has 3 nitrogen and oxygen atoms in total. The summed E-state index contributed by atoms with van der Waals surface area (Å²) in [4.78, 5) is 8.85. The monoisotopic (exact) mass is 293 g/mol. The third kappa shape index (κ3) is 3.90. The first kappa shape index (κ1) is 14.7. The van der Waals surface area contributed by atoms with Crippen molar-refractivity contribution in [2.45, 2.75) is 26.7 Å². The van der Waals surface area contributed by atoms with Gasteiger partial charge in [0, 0.05) is 29.7 Å². The van der Waals surface area contributed by atoms with E-state index in [1.807, 2.05) is 13.0 Å². The maximum Gasteiger partial charge on any atom is 0.135 e. The van der Waals surface area contributed by atoms with E-state index >= 15 is 0 Å². The van der Waals surface area contributed by atoms with E-state index in [1.165, 1.54) is 12.1 Å². The highest BCUT2D eigenvalue weighted by atomic mass is 35.5. The van der Waals surface area contributed by atoms with Crippen LogP contribution in [0.3, 0.4) is 0 Å². The van der Waals surface area contributed by atoms with Crippen molar-refractivity contribution < 1.29 is 4.39 Å². The van der Waals surface area contributed by atoms with Crippen molar-refractivity contribution in [2.24, 2.45) is 0 Å². The maximum absolute atomic E-state index is 13.0. The highest BCUT2D eigenvalue weighted by Gasteiger charge is 2.07. The number of aromatic nitrogens is 2. The van der Waals surface area contributed by atoms with E-state index in [4.69, 9.17) is 11.6 Å². The molecule has 2 aromatic rings. The maximum atomic E-state index is 13.0. The van der Waals surface area contributed by atoms with Gasteiger partial charge in [0.2, 0.25) is 0 Å². The van der Waals surface area contributed by atoms with E-state index in [0.29, 0.717) is 17.3 Å². The van der Waals surface area contributed by atoms with E-state index in [0.717, 1.165) is 30.0 Å². The summed E-state index contributed by atoms with van der Waals surface area (Å²) in [6.45, 7) is 4.89. The Bertz CT molecular complexity index is 602. The summed E-state index contributed by atoms with van der Waals surface area (Å²) in [5.74, 6) is 1.15. The molecule has 0 unspecified atom stereocenters. The molecule has 0 aliphatic carbocycles. The van der Waals surface area contributed by atoms with E-state index in [1.54, 1.807) is 6.07 Å². The lowest BCUT2D eigenvalue weighted by atomic mass is 10.1. The number of hydrogen-bond donors (Lipinski definition) is 1. The Morgan fingerprint density at radius 3 is 2.75 bits per heavy atom. The van der Waals surface area contributed by atoms with Crippen LogP contribution in [-0.2, 0) is 6.42 Å². The third-order valence-corrected chi connectivity index (χ3v) is 3.17. The lowest BCUT2D eigenvalue weighted by Crippen LogP contribution is -2.06. The molecule has 0 aliphatic heterocycles. The lowest BCUT2D eigenvalue weighted by molar-refractivity contribution is 0.627. The Morgan fingerprint density at radius 1 is 1.25 bits per heavy atom. The topological polar surface area (TPSA) is 37.8 Å². The molecule has 2 rings (SSSR count). The SMILES string of the molecule is CCCNc1cc(C)nc(Cc2ccc(F)cc2Cl)n1. The van der Waals surface area contributed by atoms with Crippen LogP contribution in [0.2, 0.25) is 5.02 Å². The minimum atomic E-state index is -0.339. The molecule has 0 spiro atoms. The third-order valence-electron chi connectivity index (χ3n) is 2.82. The number of aryl methyl sites for hydroxylation is 1. The van der Waals surface area contributed by atoms with Gasteiger partial charge >= 0.3 is 0 Å². The van der Waals surface area contributed by atoms with Gasteiger partial charge in [0.15, 0.2) is 0 Å². The fraction of sp³-hybridized carbons (Fsp3) is 0.333. The first-order valence-electron chi connectivity index (χ1n) is 6.61. The Morgan fingerprint density at radius 2 is 2.05 bits per heavy atom. The Balaban J connectivity index is 2.21. The number of rotatable bonds is 5. The van der Waals surface area contributed by atoms with E-state index in [9.17, 15) is 4.39 Å². The fourth-order valence-corrected chi connectivity index (χ4v) is 2.12. The molecule has 0 saturated carbocycles. The number of nitrogens with one attached hydrogen (secondary N) is 1. The molecule has 5 heteroatoms. The molecule has 0 amide bonds. The predicted octanol–water partition coefficient (Wildman–Crippen LogP) is 3.99. The van der Waals surface area contributed by atoms with Crippen molar-refractivity contribution in [1.29, 1.82) is 0 Å². The first-order valence-corrected chi connectivity index (χ1v) is 6.98. The molecule has 1 aromatic carbocycles. The molecule has 0 radical (unpaired) electrons. The van der Waals surface area contributed by atoms with Crippen LogP contribution in [0.15, 0.2) is 24.3 Å². The molecule has 0 bridgehead atoms. The van der Waals surface area contributed by atoms with Gasteiger partial charge < -0.3 is 5.32 Å². The molecular weight excluding hydrogens is 277 g/mol. The van der Waals surface area contributed by atoms with Crippen LogP contribution in [-0.4, -0.2) is 16.5 Å². The summed E-state index contributed by atoms with van der Waals surface area (Å²) in [6, 6.07) is 6.28. The zero-order chi connectivity index (χ0) is 14.5. The minimum absolute atomic E-state index is 0.339. The zero-order valence-electron chi connectivity index (χ0n) is 11.6. The van der Waals surface area contributed by atoms with Crippen LogP contribution < -0.4 is 5.32 Å². The van der Waals surface area contributed by atoms with Gasteiger partial charge in [-0.3, -0.25) is 0 Å². The van der Waals surface area contributed by atoms with Crippen LogP contribution in [0.25, 0.3) is 0 Å². The van der Waals surface area contributed by atoms with Crippen LogP contribution in [0, 0.1) is 12.7 Å². The van der Waals surface area contributed by atoms with Crippen molar-refractivity contribution >= 4 is 17.4 Å². The van der Waals surface area contributed by atoms with Crippen LogP contribution in [0.5, 0.6) is 0 Å². The predicted molar refractivity (Wildman–Crippen MR) is 79.8 cm³/mol. The smallest absolute Gasteiger partial charge is 0.135 e. The number of nitrogens with zero attached hydrogens (tertiary/aromatic N) is 2. The van der Waals surface area contributed by atoms with Gasteiger partial charge in [0.05, 0.1) is 0 Å².